The molecule has 8 aliphatic rings. The second kappa shape index (κ2) is 37.2. The molecule has 29 nitrogen and oxygen atoms in total. The third-order valence-corrected chi connectivity index (χ3v) is 25.3. The highest BCUT2D eigenvalue weighted by Gasteiger charge is 2.34. The minimum absolute atomic E-state index is 0.0239. The van der Waals surface area contributed by atoms with Crippen molar-refractivity contribution in [3.05, 3.63) is 219 Å². The first-order valence-electron chi connectivity index (χ1n) is 38.5. The molecule has 4 atom stereocenters. The molecule has 33 heteroatoms. The summed E-state index contributed by atoms with van der Waals surface area (Å²) < 4.78 is 133. The largest absolute Gasteiger partial charge is 0.492 e. The zero-order valence-electron chi connectivity index (χ0n) is 64.3. The molecule has 0 unspecified atom stereocenters. The van der Waals surface area contributed by atoms with Crippen LogP contribution in [0.15, 0.2) is 176 Å². The Morgan fingerprint density at radius 3 is 1.04 bits per heavy atom. The number of piperidine rings is 4. The maximum absolute atomic E-state index is 12.7. The third kappa shape index (κ3) is 22.4. The maximum Gasteiger partial charge on any atom is 0.259 e. The van der Waals surface area contributed by atoms with Crippen LogP contribution in [0.4, 0.5) is 0 Å². The van der Waals surface area contributed by atoms with E-state index in [0.29, 0.717) is 157 Å². The van der Waals surface area contributed by atoms with Gasteiger partial charge in [-0.25, -0.2) is 33.7 Å². The summed E-state index contributed by atoms with van der Waals surface area (Å²) in [6.45, 7) is 11.4. The van der Waals surface area contributed by atoms with Gasteiger partial charge in [-0.3, -0.25) is 24.2 Å². The number of hydrogen-bond acceptors (Lipinski definition) is 21. The van der Waals surface area contributed by atoms with Crippen LogP contribution in [0.3, 0.4) is 0 Å². The molecule has 6 aromatic carbocycles. The lowest BCUT2D eigenvalue weighted by Crippen LogP contribution is -2.42. The first kappa shape index (κ1) is 83.7. The average Bonchev–Trinajstić information content (AvgIpc) is 0.795. The second-order valence-corrected chi connectivity index (χ2v) is 36.8. The molecule has 115 heavy (non-hydrogen) atoms. The predicted molar refractivity (Wildman–Crippen MR) is 437 cm³/mol. The van der Waals surface area contributed by atoms with Crippen LogP contribution in [0.2, 0.25) is 0 Å². The van der Waals surface area contributed by atoms with Crippen molar-refractivity contribution in [1.29, 1.82) is 0 Å². The van der Waals surface area contributed by atoms with Crippen molar-refractivity contribution < 1.29 is 71.8 Å². The maximum atomic E-state index is 12.7. The van der Waals surface area contributed by atoms with Gasteiger partial charge in [0.15, 0.2) is 0 Å². The van der Waals surface area contributed by atoms with Gasteiger partial charge in [-0.1, -0.05) is 111 Å². The Bertz CT molecular complexity index is 5160. The summed E-state index contributed by atoms with van der Waals surface area (Å²) in [6, 6.07) is 43.6. The molecule has 4 fully saturated rings. The van der Waals surface area contributed by atoms with Crippen molar-refractivity contribution in [2.24, 2.45) is 70.1 Å². The summed E-state index contributed by atoms with van der Waals surface area (Å²) in [7, 11) is -14.3. The van der Waals surface area contributed by atoms with E-state index in [9.17, 15) is 52.8 Å². The summed E-state index contributed by atoms with van der Waals surface area (Å²) in [4.78, 5) is 61.9. The molecule has 610 valence electrons. The van der Waals surface area contributed by atoms with Gasteiger partial charge in [-0.05, 0) is 134 Å². The number of nitrogens with two attached hydrogens (primary N) is 4. The molecule has 9 heterocycles. The summed E-state index contributed by atoms with van der Waals surface area (Å²) in [6.07, 6.45) is 11.8. The Kier molecular flexibility index (Phi) is 27.1. The summed E-state index contributed by atoms with van der Waals surface area (Å²) in [5, 5.41) is 0. The molecule has 1 aromatic heterocycles. The second-order valence-electron chi connectivity index (χ2n) is 30.3. The number of amidine groups is 4. The number of nitrogens with zero attached hydrogens (tertiary/aromatic N) is 9. The van der Waals surface area contributed by atoms with Crippen molar-refractivity contribution in [3.8, 4) is 23.0 Å². The lowest BCUT2D eigenvalue weighted by atomic mass is 9.97. The third-order valence-electron chi connectivity index (χ3n) is 20.7. The number of amides is 4. The van der Waals surface area contributed by atoms with Gasteiger partial charge >= 0.3 is 0 Å². The fraction of sp³-hybridized carbons (Fsp3) is 0.402. The highest BCUT2D eigenvalue weighted by molar-refractivity contribution is 7.90. The standard InChI is InChI=1S/C22H25N3O4S.C21H23N3O4S.C20H22N4O4S.C19H27N3O4S/c23-22-21-18(15-30(27,28)24-22)9-4-10-19(21)29-14-17-8-5-11-25(13-17)20(26)12-16-6-2-1-3-7-16;22-20-19-17(14-29(26,27)23-20)9-4-10-18(19)28-13-15-6-5-11-24(12-15)21(25)16-7-2-1-3-8-16;21-19-18-16(13-29(26,27)23-19)5-1-7-17(18)28-12-14-4-3-9-24(11-14)20(25)15-6-2-8-22-10-15;1-13(2)9-17(23)22-8-4-5-14(10-22)11-26-16-7-3-6-15-12-27(24,25)21-19(20)18(15)16/h1-4,6-7,9-10,17H,5,8,11-15H2,(H2,23,24);1-4,7-10,15H,5-6,11-14H2,(H2,22,23);1-2,5-8,10,14H,3-4,9,11-13H2,(H2,21,23);3,6-7,13-14H,4-5,8-12H2,1-2H3,(H2,20,21)/t17-;15-;2*14-/m0000/s1. The number of ether oxygens (including phenoxy) is 4. The van der Waals surface area contributed by atoms with Gasteiger partial charge in [0.25, 0.3) is 51.9 Å². The van der Waals surface area contributed by atoms with Crippen LogP contribution in [0.25, 0.3) is 0 Å². The zero-order chi connectivity index (χ0) is 81.6. The predicted octanol–water partition coefficient (Wildman–Crippen LogP) is 7.72. The van der Waals surface area contributed by atoms with Crippen molar-refractivity contribution in [1.82, 2.24) is 24.6 Å². The van der Waals surface area contributed by atoms with Gasteiger partial charge in [0.05, 0.1) is 83.7 Å². The molecule has 7 aromatic rings. The number of carbonyl (C=O) groups is 4. The van der Waals surface area contributed by atoms with E-state index in [0.717, 1.165) is 76.6 Å². The van der Waals surface area contributed by atoms with E-state index in [1.165, 1.54) is 0 Å². The molecule has 15 rings (SSSR count). The van der Waals surface area contributed by atoms with Crippen molar-refractivity contribution in [2.45, 2.75) is 101 Å². The van der Waals surface area contributed by atoms with Crippen LogP contribution in [-0.4, -0.2) is 184 Å². The Labute approximate surface area is 671 Å². The van der Waals surface area contributed by atoms with Crippen LogP contribution in [0, 0.1) is 29.6 Å². The summed E-state index contributed by atoms with van der Waals surface area (Å²) >= 11 is 0. The number of hydrogen-bond donors (Lipinski definition) is 4. The number of aromatic nitrogens is 1. The van der Waals surface area contributed by atoms with Crippen LogP contribution in [-0.2, 0) is 79.1 Å². The van der Waals surface area contributed by atoms with Gasteiger partial charge in [0, 0.05) is 100 Å². The van der Waals surface area contributed by atoms with Crippen LogP contribution in [0.1, 0.15) is 142 Å². The number of fused-ring (bicyclic) bond motifs is 4. The van der Waals surface area contributed by atoms with Crippen molar-refractivity contribution in [2.75, 3.05) is 78.8 Å². The quantitative estimate of drug-likeness (QED) is 0.0638. The highest BCUT2D eigenvalue weighted by Crippen LogP contribution is 2.35. The molecule has 0 spiro atoms. The van der Waals surface area contributed by atoms with E-state index < -0.39 is 40.1 Å². The Morgan fingerprint density at radius 1 is 0.391 bits per heavy atom. The van der Waals surface area contributed by atoms with Gasteiger partial charge in [-0.15, -0.1) is 17.6 Å². The minimum atomic E-state index is -3.58. The molecule has 4 amide bonds. The molecule has 0 radical (unpaired) electrons. The Balaban J connectivity index is 0.000000142. The fourth-order valence-corrected chi connectivity index (χ4v) is 19.7. The van der Waals surface area contributed by atoms with Gasteiger partial charge < -0.3 is 61.5 Å². The van der Waals surface area contributed by atoms with Crippen LogP contribution < -0.4 is 41.9 Å². The van der Waals surface area contributed by atoms with Gasteiger partial charge in [-0.2, -0.15) is 0 Å². The topological polar surface area (TPSA) is 421 Å². The molecule has 0 aliphatic carbocycles. The molecule has 0 saturated carbocycles. The van der Waals surface area contributed by atoms with Crippen LogP contribution in [0.5, 0.6) is 23.0 Å². The summed E-state index contributed by atoms with van der Waals surface area (Å²) in [5.41, 5.74) is 30.5. The minimum Gasteiger partial charge on any atom is -0.492 e. The molecule has 8 aliphatic heterocycles. The average molecular weight is 1650 g/mol. The zero-order valence-corrected chi connectivity index (χ0v) is 67.5. The number of carbonyl (C=O) groups excluding carboxylic acids is 4. The van der Waals surface area contributed by atoms with Gasteiger partial charge in [0.2, 0.25) is 11.8 Å². The number of rotatable bonds is 18. The van der Waals surface area contributed by atoms with Crippen molar-refractivity contribution >= 4 is 87.1 Å². The SMILES string of the molecule is CC(C)CC(=O)N1CCC[C@H](COc2cccc3c2C(N)=NS(=O)(=O)C3)C1.NC1=NS(=O)(=O)Cc2cccc(OC[C@H]3CCCN(C(=O)Cc4ccccc4)C3)c21.NC1=NS(=O)(=O)Cc2cccc(OC[C@H]3CCCN(C(=O)c4ccccc4)C3)c21.NC1=NS(=O)(=O)Cc2cccc(OC[C@H]3CCCN(C(=O)c4cccnc4)C3)c21. The molecular weight excluding hydrogens is 1550 g/mol. The van der Waals surface area contributed by atoms with E-state index in [-0.39, 0.29) is 93.7 Å². The van der Waals surface area contributed by atoms with E-state index in [4.69, 9.17) is 41.9 Å². The van der Waals surface area contributed by atoms with Crippen LogP contribution >= 0.6 is 0 Å². The lowest BCUT2D eigenvalue weighted by Gasteiger charge is -2.33. The Hall–Kier alpha value is -10.8. The fourth-order valence-electron chi connectivity index (χ4n) is 15.4. The van der Waals surface area contributed by atoms with E-state index in [2.05, 4.69) is 22.6 Å². The molecule has 0 bridgehead atoms. The molecule has 4 saturated heterocycles. The molecule has 8 N–H and O–H groups in total. The van der Waals surface area contributed by atoms with Gasteiger partial charge in [0.1, 0.15) is 46.3 Å². The first-order chi connectivity index (χ1) is 55.0. The van der Waals surface area contributed by atoms with E-state index >= 15 is 0 Å². The Morgan fingerprint density at radius 2 is 0.704 bits per heavy atom. The number of benzene rings is 6. The van der Waals surface area contributed by atoms with E-state index in [1.54, 1.807) is 97.3 Å². The monoisotopic (exact) mass is 1650 g/mol. The number of pyridine rings is 1. The summed E-state index contributed by atoms with van der Waals surface area (Å²) in [5.74, 6) is 2.82. The first-order valence-corrected chi connectivity index (χ1v) is 44.9. The van der Waals surface area contributed by atoms with E-state index in [1.807, 2.05) is 94.1 Å². The van der Waals surface area contributed by atoms with Crippen molar-refractivity contribution in [3.63, 3.8) is 0 Å². The highest BCUT2D eigenvalue weighted by atomic mass is 32.2. The number of likely N-dealkylation sites (tertiary alicyclic amines) is 4. The lowest BCUT2D eigenvalue weighted by molar-refractivity contribution is -0.134. The molecular formula is C82H97N13O16S4. The number of sulfonamides is 4. The normalized spacial score (nSPS) is 20.7. The smallest absolute Gasteiger partial charge is 0.259 e.